The molecule has 1 aliphatic carbocycles. The van der Waals surface area contributed by atoms with Crippen LogP contribution in [0.25, 0.3) is 0 Å². The molecule has 1 N–H and O–H groups in total. The average molecular weight is 291 g/mol. The van der Waals surface area contributed by atoms with Crippen LogP contribution in [0.3, 0.4) is 0 Å². The molecule has 1 aromatic rings. The lowest BCUT2D eigenvalue weighted by atomic mass is 9.87. The maximum atomic E-state index is 5.92. The highest BCUT2D eigenvalue weighted by Crippen LogP contribution is 2.36. The van der Waals surface area contributed by atoms with Gasteiger partial charge in [-0.1, -0.05) is 27.7 Å². The number of hydrogen-bond donors (Lipinski definition) is 1. The van der Waals surface area contributed by atoms with E-state index in [9.17, 15) is 0 Å². The smallest absolute Gasteiger partial charge is 0.157 e. The first-order chi connectivity index (χ1) is 9.97. The van der Waals surface area contributed by atoms with E-state index >= 15 is 0 Å². The van der Waals surface area contributed by atoms with E-state index in [0.29, 0.717) is 12.6 Å². The lowest BCUT2D eigenvalue weighted by molar-refractivity contribution is -0.0193. The van der Waals surface area contributed by atoms with Gasteiger partial charge in [-0.15, -0.1) is 0 Å². The first-order valence-electron chi connectivity index (χ1n) is 8.18. The minimum absolute atomic E-state index is 0.0000165. The molecule has 0 aliphatic heterocycles. The summed E-state index contributed by atoms with van der Waals surface area (Å²) in [6.07, 6.45) is 5.39. The maximum absolute atomic E-state index is 5.92. The largest absolute Gasteiger partial charge is 0.370 e. The van der Waals surface area contributed by atoms with Crippen LogP contribution in [-0.4, -0.2) is 23.1 Å². The van der Waals surface area contributed by atoms with E-state index in [4.69, 9.17) is 9.72 Å². The molecule has 1 aromatic heterocycles. The topological polar surface area (TPSA) is 47.0 Å². The number of rotatable bonds is 5. The molecule has 21 heavy (non-hydrogen) atoms. The predicted octanol–water partition coefficient (Wildman–Crippen LogP) is 3.59. The van der Waals surface area contributed by atoms with Gasteiger partial charge in [0.15, 0.2) is 5.82 Å². The zero-order chi connectivity index (χ0) is 15.5. The fourth-order valence-corrected chi connectivity index (χ4v) is 3.03. The Balaban J connectivity index is 2.31. The van der Waals surface area contributed by atoms with Crippen molar-refractivity contribution in [1.82, 2.24) is 15.3 Å². The third-order valence-corrected chi connectivity index (χ3v) is 4.01. The first-order valence-corrected chi connectivity index (χ1v) is 8.18. The lowest BCUT2D eigenvalue weighted by Crippen LogP contribution is -2.28. The molecule has 0 saturated carbocycles. The summed E-state index contributed by atoms with van der Waals surface area (Å²) in [6, 6.07) is 0.410. The summed E-state index contributed by atoms with van der Waals surface area (Å²) in [5, 5.41) is 3.53. The van der Waals surface area contributed by atoms with Crippen molar-refractivity contribution in [2.75, 3.05) is 13.2 Å². The predicted molar refractivity (Wildman–Crippen MR) is 85.2 cm³/mol. The van der Waals surface area contributed by atoms with Gasteiger partial charge in [-0.05, 0) is 38.1 Å². The number of nitrogens with one attached hydrogen (secondary N) is 1. The summed E-state index contributed by atoms with van der Waals surface area (Å²) in [5.74, 6) is 0.834. The van der Waals surface area contributed by atoms with Gasteiger partial charge in [-0.25, -0.2) is 9.97 Å². The van der Waals surface area contributed by atoms with E-state index in [-0.39, 0.29) is 11.5 Å². The standard InChI is InChI=1S/C17H29N3O/c1-6-18-13-9-8-10-14-12(13)11-19-16(20-14)15(21-7-2)17(3,4)5/h11,13,15,18H,6-10H2,1-5H3. The molecule has 0 radical (unpaired) electrons. The Hall–Kier alpha value is -1.00. The summed E-state index contributed by atoms with van der Waals surface area (Å²) in [4.78, 5) is 9.49. The molecule has 0 bridgehead atoms. The second kappa shape index (κ2) is 6.84. The highest BCUT2D eigenvalue weighted by molar-refractivity contribution is 5.25. The molecule has 4 nitrogen and oxygen atoms in total. The highest BCUT2D eigenvalue weighted by atomic mass is 16.5. The van der Waals surface area contributed by atoms with Crippen molar-refractivity contribution in [3.8, 4) is 0 Å². The van der Waals surface area contributed by atoms with Crippen molar-refractivity contribution in [2.24, 2.45) is 5.41 Å². The molecular weight excluding hydrogens is 262 g/mol. The van der Waals surface area contributed by atoms with Crippen LogP contribution >= 0.6 is 0 Å². The molecule has 1 aliphatic rings. The minimum atomic E-state index is -0.0488. The summed E-state index contributed by atoms with van der Waals surface area (Å²) in [5.41, 5.74) is 2.47. The van der Waals surface area contributed by atoms with Crippen LogP contribution in [0.4, 0.5) is 0 Å². The minimum Gasteiger partial charge on any atom is -0.370 e. The van der Waals surface area contributed by atoms with E-state index in [1.54, 1.807) is 0 Å². The number of nitrogens with zero attached hydrogens (tertiary/aromatic N) is 2. The third kappa shape index (κ3) is 3.80. The van der Waals surface area contributed by atoms with Gasteiger partial charge >= 0.3 is 0 Å². The Morgan fingerprint density at radius 1 is 1.38 bits per heavy atom. The van der Waals surface area contributed by atoms with Crippen molar-refractivity contribution >= 4 is 0 Å². The van der Waals surface area contributed by atoms with Crippen LogP contribution in [0.2, 0.25) is 0 Å². The first kappa shape index (κ1) is 16.4. The van der Waals surface area contributed by atoms with Crippen LogP contribution < -0.4 is 5.32 Å². The van der Waals surface area contributed by atoms with Crippen molar-refractivity contribution in [3.05, 3.63) is 23.3 Å². The number of ether oxygens (including phenoxy) is 1. The Bertz CT molecular complexity index is 468. The average Bonchev–Trinajstić information content (AvgIpc) is 2.43. The van der Waals surface area contributed by atoms with Crippen LogP contribution in [0.1, 0.15) is 76.7 Å². The SMILES string of the molecule is CCNC1CCCc2nc(C(OCC)C(C)(C)C)ncc21. The number of aryl methyl sites for hydroxylation is 1. The summed E-state index contributed by atoms with van der Waals surface area (Å²) >= 11 is 0. The molecular formula is C17H29N3O. The molecule has 0 spiro atoms. The van der Waals surface area contributed by atoms with Crippen LogP contribution in [0.5, 0.6) is 0 Å². The highest BCUT2D eigenvalue weighted by Gasteiger charge is 2.31. The molecule has 4 heteroatoms. The summed E-state index contributed by atoms with van der Waals surface area (Å²) in [6.45, 7) is 12.4. The fraction of sp³-hybridized carbons (Fsp3) is 0.765. The van der Waals surface area contributed by atoms with Gasteiger partial charge in [0.25, 0.3) is 0 Å². The Labute approximate surface area is 128 Å². The Morgan fingerprint density at radius 2 is 2.14 bits per heavy atom. The second-order valence-corrected chi connectivity index (χ2v) is 6.83. The van der Waals surface area contributed by atoms with E-state index in [1.165, 1.54) is 24.1 Å². The Kier molecular flexibility index (Phi) is 5.33. The van der Waals surface area contributed by atoms with Gasteiger partial charge in [-0.3, -0.25) is 0 Å². The molecule has 1 heterocycles. The monoisotopic (exact) mass is 291 g/mol. The molecule has 2 unspecified atom stereocenters. The zero-order valence-corrected chi connectivity index (χ0v) is 14.1. The normalized spacial score (nSPS) is 20.1. The molecule has 118 valence electrons. The quantitative estimate of drug-likeness (QED) is 0.900. The molecule has 0 fully saturated rings. The van der Waals surface area contributed by atoms with Crippen LogP contribution in [0, 0.1) is 5.41 Å². The number of hydrogen-bond acceptors (Lipinski definition) is 4. The van der Waals surface area contributed by atoms with Gasteiger partial charge < -0.3 is 10.1 Å². The number of aromatic nitrogens is 2. The summed E-state index contributed by atoms with van der Waals surface area (Å²) < 4.78 is 5.92. The van der Waals surface area contributed by atoms with Crippen LogP contribution in [0.15, 0.2) is 6.20 Å². The van der Waals surface area contributed by atoms with Gasteiger partial charge in [0.2, 0.25) is 0 Å². The number of fused-ring (bicyclic) bond motifs is 1. The molecule has 0 aromatic carbocycles. The van der Waals surface area contributed by atoms with Gasteiger partial charge in [0.1, 0.15) is 6.10 Å². The zero-order valence-electron chi connectivity index (χ0n) is 14.1. The van der Waals surface area contributed by atoms with E-state index in [0.717, 1.165) is 18.8 Å². The van der Waals surface area contributed by atoms with Crippen molar-refractivity contribution in [1.29, 1.82) is 0 Å². The second-order valence-electron chi connectivity index (χ2n) is 6.83. The molecule has 0 saturated heterocycles. The third-order valence-electron chi connectivity index (χ3n) is 4.01. The van der Waals surface area contributed by atoms with Gasteiger partial charge in [0.05, 0.1) is 0 Å². The lowest BCUT2D eigenvalue weighted by Gasteiger charge is -2.31. The molecule has 2 atom stereocenters. The molecule has 0 amide bonds. The van der Waals surface area contributed by atoms with Crippen molar-refractivity contribution < 1.29 is 4.74 Å². The summed E-state index contributed by atoms with van der Waals surface area (Å²) in [7, 11) is 0. The van der Waals surface area contributed by atoms with E-state index in [2.05, 4.69) is 38.0 Å². The fourth-order valence-electron chi connectivity index (χ4n) is 3.03. The van der Waals surface area contributed by atoms with Crippen LogP contribution in [-0.2, 0) is 11.2 Å². The maximum Gasteiger partial charge on any atom is 0.157 e. The molecule has 2 rings (SSSR count). The van der Waals surface area contributed by atoms with E-state index in [1.807, 2.05) is 13.1 Å². The van der Waals surface area contributed by atoms with Gasteiger partial charge in [-0.2, -0.15) is 0 Å². The van der Waals surface area contributed by atoms with Gasteiger partial charge in [0, 0.05) is 30.1 Å². The Morgan fingerprint density at radius 3 is 2.76 bits per heavy atom. The van der Waals surface area contributed by atoms with Crippen molar-refractivity contribution in [3.63, 3.8) is 0 Å². The van der Waals surface area contributed by atoms with E-state index < -0.39 is 0 Å². The van der Waals surface area contributed by atoms with Crippen molar-refractivity contribution in [2.45, 2.75) is 66.0 Å².